The largest absolute Gasteiger partial charge is 0.396 e. The van der Waals surface area contributed by atoms with Gasteiger partial charge in [-0.25, -0.2) is 4.98 Å². The summed E-state index contributed by atoms with van der Waals surface area (Å²) in [6.45, 7) is 0.911. The number of pyridine rings is 1. The van der Waals surface area contributed by atoms with E-state index in [0.717, 1.165) is 18.8 Å². The molecule has 3 nitrogen and oxygen atoms in total. The highest BCUT2D eigenvalue weighted by molar-refractivity contribution is 6.30. The Bertz CT molecular complexity index is 487. The van der Waals surface area contributed by atoms with Gasteiger partial charge in [0.2, 0.25) is 0 Å². The molecule has 4 heteroatoms. The predicted molar refractivity (Wildman–Crippen MR) is 78.6 cm³/mol. The van der Waals surface area contributed by atoms with Gasteiger partial charge in [0, 0.05) is 25.3 Å². The van der Waals surface area contributed by atoms with Crippen LogP contribution in [0.15, 0.2) is 48.7 Å². The molecule has 0 amide bonds. The first-order valence-electron chi connectivity index (χ1n) is 6.31. The standard InChI is InChI=1S/C15H17ClN2O/c16-14-6-7-15(18-11-14)17-10-13(8-9-19)12-4-2-1-3-5-12/h1-7,11,13,19H,8-10H2,(H,17,18)/t13-/m0/s1. The van der Waals surface area contributed by atoms with Crippen LogP contribution in [0.4, 0.5) is 5.82 Å². The van der Waals surface area contributed by atoms with E-state index in [0.29, 0.717) is 5.02 Å². The number of rotatable bonds is 6. The molecule has 2 rings (SSSR count). The fourth-order valence-corrected chi connectivity index (χ4v) is 2.09. The number of nitrogens with zero attached hydrogens (tertiary/aromatic N) is 1. The molecular formula is C15H17ClN2O. The van der Waals surface area contributed by atoms with Crippen molar-refractivity contribution >= 4 is 17.4 Å². The first-order valence-corrected chi connectivity index (χ1v) is 6.68. The predicted octanol–water partition coefficient (Wildman–Crippen LogP) is 3.31. The van der Waals surface area contributed by atoms with Crippen LogP contribution in [0.5, 0.6) is 0 Å². The molecule has 2 aromatic rings. The highest BCUT2D eigenvalue weighted by atomic mass is 35.5. The molecule has 0 aliphatic rings. The number of nitrogens with one attached hydrogen (secondary N) is 1. The summed E-state index contributed by atoms with van der Waals surface area (Å²) in [7, 11) is 0. The van der Waals surface area contributed by atoms with Crippen LogP contribution in [-0.2, 0) is 0 Å². The molecule has 0 aliphatic heterocycles. The Kier molecular flexibility index (Phi) is 5.19. The molecule has 1 aromatic carbocycles. The van der Waals surface area contributed by atoms with E-state index in [1.54, 1.807) is 12.3 Å². The maximum absolute atomic E-state index is 9.17. The quantitative estimate of drug-likeness (QED) is 0.851. The van der Waals surface area contributed by atoms with Crippen molar-refractivity contribution in [2.24, 2.45) is 0 Å². The molecule has 0 unspecified atom stereocenters. The van der Waals surface area contributed by atoms with Gasteiger partial charge >= 0.3 is 0 Å². The SMILES string of the molecule is OCC[C@@H](CNc1ccc(Cl)cn1)c1ccccc1. The lowest BCUT2D eigenvalue weighted by molar-refractivity contribution is 0.277. The van der Waals surface area contributed by atoms with Gasteiger partial charge in [0.25, 0.3) is 0 Å². The first-order chi connectivity index (χ1) is 9.29. The van der Waals surface area contributed by atoms with Gasteiger partial charge in [-0.2, -0.15) is 0 Å². The van der Waals surface area contributed by atoms with Crippen molar-refractivity contribution in [1.82, 2.24) is 4.98 Å². The lowest BCUT2D eigenvalue weighted by Gasteiger charge is -2.17. The Morgan fingerprint density at radius 2 is 1.95 bits per heavy atom. The van der Waals surface area contributed by atoms with E-state index in [-0.39, 0.29) is 12.5 Å². The van der Waals surface area contributed by atoms with E-state index in [4.69, 9.17) is 11.6 Å². The van der Waals surface area contributed by atoms with Crippen molar-refractivity contribution in [1.29, 1.82) is 0 Å². The monoisotopic (exact) mass is 276 g/mol. The second-order valence-electron chi connectivity index (χ2n) is 4.36. The molecule has 0 spiro atoms. The number of aromatic nitrogens is 1. The van der Waals surface area contributed by atoms with E-state index in [1.807, 2.05) is 24.3 Å². The maximum Gasteiger partial charge on any atom is 0.126 e. The number of halogens is 1. The summed E-state index contributed by atoms with van der Waals surface area (Å²) in [5.74, 6) is 1.06. The Balaban J connectivity index is 1.99. The molecule has 0 fully saturated rings. The molecule has 100 valence electrons. The Morgan fingerprint density at radius 1 is 1.16 bits per heavy atom. The smallest absolute Gasteiger partial charge is 0.126 e. The topological polar surface area (TPSA) is 45.1 Å². The summed E-state index contributed by atoms with van der Waals surface area (Å²) in [5.41, 5.74) is 1.22. The Hall–Kier alpha value is -1.58. The summed E-state index contributed by atoms with van der Waals surface area (Å²) in [5, 5.41) is 13.1. The molecule has 2 N–H and O–H groups in total. The van der Waals surface area contributed by atoms with Crippen LogP contribution in [0, 0.1) is 0 Å². The molecule has 1 aromatic heterocycles. The van der Waals surface area contributed by atoms with Crippen LogP contribution in [-0.4, -0.2) is 23.2 Å². The van der Waals surface area contributed by atoms with Gasteiger partial charge in [0.1, 0.15) is 5.82 Å². The molecule has 0 saturated heterocycles. The number of aliphatic hydroxyl groups is 1. The molecule has 0 radical (unpaired) electrons. The molecule has 1 atom stereocenters. The zero-order valence-electron chi connectivity index (χ0n) is 10.6. The van der Waals surface area contributed by atoms with Crippen LogP contribution < -0.4 is 5.32 Å². The number of hydrogen-bond acceptors (Lipinski definition) is 3. The molecule has 0 saturated carbocycles. The first kappa shape index (κ1) is 13.8. The minimum atomic E-state index is 0.176. The van der Waals surface area contributed by atoms with Crippen molar-refractivity contribution in [3.8, 4) is 0 Å². The highest BCUT2D eigenvalue weighted by Crippen LogP contribution is 2.20. The van der Waals surface area contributed by atoms with Gasteiger partial charge in [-0.3, -0.25) is 0 Å². The van der Waals surface area contributed by atoms with Crippen molar-refractivity contribution in [2.45, 2.75) is 12.3 Å². The minimum Gasteiger partial charge on any atom is -0.396 e. The van der Waals surface area contributed by atoms with Crippen molar-refractivity contribution in [3.63, 3.8) is 0 Å². The third kappa shape index (κ3) is 4.23. The third-order valence-electron chi connectivity index (χ3n) is 3.01. The average molecular weight is 277 g/mol. The fourth-order valence-electron chi connectivity index (χ4n) is 1.98. The lowest BCUT2D eigenvalue weighted by atomic mass is 9.96. The van der Waals surface area contributed by atoms with E-state index >= 15 is 0 Å². The van der Waals surface area contributed by atoms with E-state index in [1.165, 1.54) is 5.56 Å². The molecular weight excluding hydrogens is 260 g/mol. The zero-order valence-corrected chi connectivity index (χ0v) is 11.3. The Morgan fingerprint density at radius 3 is 2.58 bits per heavy atom. The van der Waals surface area contributed by atoms with Crippen molar-refractivity contribution in [2.75, 3.05) is 18.5 Å². The van der Waals surface area contributed by atoms with Crippen molar-refractivity contribution in [3.05, 3.63) is 59.2 Å². The molecule has 0 bridgehead atoms. The summed E-state index contributed by atoms with van der Waals surface area (Å²) in [4.78, 5) is 4.20. The van der Waals surface area contributed by atoms with Gasteiger partial charge in [0.15, 0.2) is 0 Å². The van der Waals surface area contributed by atoms with Crippen LogP contribution in [0.2, 0.25) is 5.02 Å². The minimum absolute atomic E-state index is 0.176. The lowest BCUT2D eigenvalue weighted by Crippen LogP contribution is -2.14. The second kappa shape index (κ2) is 7.12. The number of aliphatic hydroxyl groups excluding tert-OH is 1. The van der Waals surface area contributed by atoms with E-state index in [9.17, 15) is 5.11 Å². The van der Waals surface area contributed by atoms with Crippen LogP contribution in [0.25, 0.3) is 0 Å². The normalized spacial score (nSPS) is 12.1. The van der Waals surface area contributed by atoms with Gasteiger partial charge in [-0.15, -0.1) is 0 Å². The van der Waals surface area contributed by atoms with Gasteiger partial charge in [0.05, 0.1) is 5.02 Å². The maximum atomic E-state index is 9.17. The second-order valence-corrected chi connectivity index (χ2v) is 4.80. The summed E-state index contributed by atoms with van der Waals surface area (Å²) in [6, 6.07) is 13.8. The third-order valence-corrected chi connectivity index (χ3v) is 3.23. The molecule has 0 aliphatic carbocycles. The van der Waals surface area contributed by atoms with Crippen molar-refractivity contribution < 1.29 is 5.11 Å². The number of benzene rings is 1. The molecule has 19 heavy (non-hydrogen) atoms. The fraction of sp³-hybridized carbons (Fsp3) is 0.267. The average Bonchev–Trinajstić information content (AvgIpc) is 2.46. The van der Waals surface area contributed by atoms with Gasteiger partial charge in [-0.1, -0.05) is 41.9 Å². The highest BCUT2D eigenvalue weighted by Gasteiger charge is 2.10. The number of anilines is 1. The summed E-state index contributed by atoms with van der Waals surface area (Å²) in [6.07, 6.45) is 2.35. The van der Waals surface area contributed by atoms with Gasteiger partial charge in [-0.05, 0) is 24.1 Å². The van der Waals surface area contributed by atoms with Crippen LogP contribution >= 0.6 is 11.6 Å². The summed E-state index contributed by atoms with van der Waals surface area (Å²) < 4.78 is 0. The van der Waals surface area contributed by atoms with E-state index in [2.05, 4.69) is 22.4 Å². The van der Waals surface area contributed by atoms with Crippen LogP contribution in [0.1, 0.15) is 17.9 Å². The molecule has 1 heterocycles. The summed E-state index contributed by atoms with van der Waals surface area (Å²) >= 11 is 5.80. The Labute approximate surface area is 118 Å². The zero-order chi connectivity index (χ0) is 13.5. The number of hydrogen-bond donors (Lipinski definition) is 2. The van der Waals surface area contributed by atoms with E-state index < -0.39 is 0 Å². The van der Waals surface area contributed by atoms with Crippen LogP contribution in [0.3, 0.4) is 0 Å². The van der Waals surface area contributed by atoms with Gasteiger partial charge < -0.3 is 10.4 Å².